The fourth-order valence-electron chi connectivity index (χ4n) is 1.89. The Bertz CT molecular complexity index is 901. The summed E-state index contributed by atoms with van der Waals surface area (Å²) in [7, 11) is 0. The average Bonchev–Trinajstić information content (AvgIpc) is 2.80. The Hall–Kier alpha value is -2.18. The van der Waals surface area contributed by atoms with Gasteiger partial charge in [0, 0.05) is 0 Å². The average molecular weight is 343 g/mol. The van der Waals surface area contributed by atoms with Crippen molar-refractivity contribution in [3.63, 3.8) is 0 Å². The summed E-state index contributed by atoms with van der Waals surface area (Å²) in [5.41, 5.74) is -0.0335. The minimum atomic E-state index is -0.900. The minimum absolute atomic E-state index is 0.0402. The molecular formula is C14H6Cl2F2N2O2. The van der Waals surface area contributed by atoms with Gasteiger partial charge in [0.05, 0.1) is 21.3 Å². The molecule has 0 aliphatic rings. The molecule has 112 valence electrons. The van der Waals surface area contributed by atoms with Gasteiger partial charge in [-0.1, -0.05) is 29.3 Å². The van der Waals surface area contributed by atoms with Gasteiger partial charge in [-0.25, -0.2) is 13.6 Å². The second-order valence-electron chi connectivity index (χ2n) is 4.28. The van der Waals surface area contributed by atoms with Crippen LogP contribution in [0.4, 0.5) is 8.78 Å². The van der Waals surface area contributed by atoms with Crippen molar-refractivity contribution in [2.75, 3.05) is 0 Å². The molecule has 3 rings (SSSR count). The summed E-state index contributed by atoms with van der Waals surface area (Å²) in [5, 5.41) is 3.87. The number of aromatic nitrogens is 2. The molecule has 0 spiro atoms. The third kappa shape index (κ3) is 2.51. The predicted octanol–water partition coefficient (Wildman–Crippen LogP) is 4.08. The van der Waals surface area contributed by atoms with E-state index in [0.717, 1.165) is 22.9 Å². The Morgan fingerprint density at radius 3 is 2.55 bits per heavy atom. The van der Waals surface area contributed by atoms with Crippen LogP contribution in [0.5, 0.6) is 0 Å². The second-order valence-corrected chi connectivity index (χ2v) is 5.09. The van der Waals surface area contributed by atoms with Gasteiger partial charge in [-0.05, 0) is 30.3 Å². The van der Waals surface area contributed by atoms with Crippen molar-refractivity contribution in [1.29, 1.82) is 0 Å². The first-order valence-electron chi connectivity index (χ1n) is 5.97. The molecule has 0 N–H and O–H groups in total. The Balaban J connectivity index is 2.18. The maximum absolute atomic E-state index is 13.8. The molecule has 0 saturated carbocycles. The smallest absolute Gasteiger partial charge is 0.387 e. The van der Waals surface area contributed by atoms with Crippen molar-refractivity contribution >= 4 is 23.2 Å². The van der Waals surface area contributed by atoms with E-state index in [-0.39, 0.29) is 27.2 Å². The van der Waals surface area contributed by atoms with Crippen LogP contribution in [0.15, 0.2) is 45.6 Å². The fraction of sp³-hybridized carbons (Fsp3) is 0. The van der Waals surface area contributed by atoms with Crippen LogP contribution in [0.25, 0.3) is 17.1 Å². The standard InChI is InChI=1S/C14H6Cl2F2N2O2/c15-8-2-1-3-10(18)12(8)13-19-20(14(21)22-13)11-5-4-7(17)6-9(11)16/h1-6H. The molecule has 2 aromatic carbocycles. The van der Waals surface area contributed by atoms with E-state index in [1.54, 1.807) is 0 Å². The molecule has 0 amide bonds. The molecule has 0 unspecified atom stereocenters. The first-order chi connectivity index (χ1) is 10.5. The van der Waals surface area contributed by atoms with Crippen LogP contribution < -0.4 is 5.76 Å². The summed E-state index contributed by atoms with van der Waals surface area (Å²) in [4.78, 5) is 11.9. The molecule has 0 bridgehead atoms. The van der Waals surface area contributed by atoms with Gasteiger partial charge in [-0.15, -0.1) is 5.10 Å². The van der Waals surface area contributed by atoms with Crippen molar-refractivity contribution in [2.45, 2.75) is 0 Å². The van der Waals surface area contributed by atoms with Crippen LogP contribution in [0.2, 0.25) is 10.0 Å². The van der Waals surface area contributed by atoms with Gasteiger partial charge in [-0.2, -0.15) is 4.68 Å². The van der Waals surface area contributed by atoms with Crippen molar-refractivity contribution < 1.29 is 13.2 Å². The first kappa shape index (κ1) is 14.7. The lowest BCUT2D eigenvalue weighted by Crippen LogP contribution is -2.13. The molecule has 3 aromatic rings. The lowest BCUT2D eigenvalue weighted by molar-refractivity contribution is 0.511. The van der Waals surface area contributed by atoms with Gasteiger partial charge in [0.1, 0.15) is 11.6 Å². The summed E-state index contributed by atoms with van der Waals surface area (Å²) in [6, 6.07) is 7.39. The molecule has 4 nitrogen and oxygen atoms in total. The lowest BCUT2D eigenvalue weighted by Gasteiger charge is -2.02. The van der Waals surface area contributed by atoms with Crippen LogP contribution >= 0.6 is 23.2 Å². The Labute approximate surface area is 132 Å². The van der Waals surface area contributed by atoms with Crippen LogP contribution in [-0.2, 0) is 0 Å². The van der Waals surface area contributed by atoms with Gasteiger partial charge in [-0.3, -0.25) is 0 Å². The molecule has 1 aromatic heterocycles. The fourth-order valence-corrected chi connectivity index (χ4v) is 2.38. The van der Waals surface area contributed by atoms with E-state index in [1.165, 1.54) is 18.2 Å². The highest BCUT2D eigenvalue weighted by Crippen LogP contribution is 2.29. The largest absolute Gasteiger partial charge is 0.442 e. The van der Waals surface area contributed by atoms with Gasteiger partial charge >= 0.3 is 5.76 Å². The third-order valence-electron chi connectivity index (χ3n) is 2.86. The number of halogens is 4. The highest BCUT2D eigenvalue weighted by atomic mass is 35.5. The molecule has 0 aliphatic heterocycles. The van der Waals surface area contributed by atoms with Crippen LogP contribution in [0.3, 0.4) is 0 Å². The van der Waals surface area contributed by atoms with Crippen LogP contribution in [0.1, 0.15) is 0 Å². The Kier molecular flexibility index (Phi) is 3.72. The molecule has 0 atom stereocenters. The van der Waals surface area contributed by atoms with Crippen molar-refractivity contribution in [3.05, 3.63) is 68.6 Å². The van der Waals surface area contributed by atoms with Gasteiger partial charge in [0.2, 0.25) is 0 Å². The van der Waals surface area contributed by atoms with E-state index >= 15 is 0 Å². The number of hydrogen-bond acceptors (Lipinski definition) is 3. The van der Waals surface area contributed by atoms with E-state index in [9.17, 15) is 13.6 Å². The quantitative estimate of drug-likeness (QED) is 0.705. The highest BCUT2D eigenvalue weighted by Gasteiger charge is 2.19. The third-order valence-corrected chi connectivity index (χ3v) is 3.48. The Morgan fingerprint density at radius 2 is 1.86 bits per heavy atom. The summed E-state index contributed by atoms with van der Waals surface area (Å²) in [6.07, 6.45) is 0. The molecule has 0 radical (unpaired) electrons. The maximum Gasteiger partial charge on any atom is 0.442 e. The number of rotatable bonds is 2. The highest BCUT2D eigenvalue weighted by molar-refractivity contribution is 6.33. The molecule has 0 fully saturated rings. The molecule has 1 heterocycles. The zero-order valence-corrected chi connectivity index (χ0v) is 12.2. The SMILES string of the molecule is O=c1oc(-c2c(F)cccc2Cl)nn1-c1ccc(F)cc1Cl. The summed E-state index contributed by atoms with van der Waals surface area (Å²) >= 11 is 11.8. The normalized spacial score (nSPS) is 10.9. The summed E-state index contributed by atoms with van der Waals surface area (Å²) < 4.78 is 32.6. The molecule has 8 heteroatoms. The molecule has 0 aliphatic carbocycles. The van der Waals surface area contributed by atoms with Crippen LogP contribution in [-0.4, -0.2) is 9.78 Å². The lowest BCUT2D eigenvalue weighted by atomic mass is 10.2. The summed E-state index contributed by atoms with van der Waals surface area (Å²) in [5.74, 6) is -2.45. The zero-order chi connectivity index (χ0) is 15.9. The Morgan fingerprint density at radius 1 is 1.09 bits per heavy atom. The minimum Gasteiger partial charge on any atom is -0.387 e. The zero-order valence-electron chi connectivity index (χ0n) is 10.7. The van der Waals surface area contributed by atoms with Crippen molar-refractivity contribution in [3.8, 4) is 17.1 Å². The predicted molar refractivity (Wildman–Crippen MR) is 77.5 cm³/mol. The number of benzene rings is 2. The van der Waals surface area contributed by atoms with E-state index in [2.05, 4.69) is 5.10 Å². The van der Waals surface area contributed by atoms with Gasteiger partial charge in [0.15, 0.2) is 0 Å². The van der Waals surface area contributed by atoms with Crippen molar-refractivity contribution in [2.24, 2.45) is 0 Å². The number of hydrogen-bond donors (Lipinski definition) is 0. The van der Waals surface area contributed by atoms with Crippen molar-refractivity contribution in [1.82, 2.24) is 9.78 Å². The van der Waals surface area contributed by atoms with E-state index in [1.807, 2.05) is 0 Å². The molecule has 0 saturated heterocycles. The maximum atomic E-state index is 13.8. The van der Waals surface area contributed by atoms with Gasteiger partial charge < -0.3 is 4.42 Å². The topological polar surface area (TPSA) is 48.0 Å². The second kappa shape index (κ2) is 5.55. The van der Waals surface area contributed by atoms with E-state index in [4.69, 9.17) is 27.6 Å². The summed E-state index contributed by atoms with van der Waals surface area (Å²) in [6.45, 7) is 0. The van der Waals surface area contributed by atoms with Gasteiger partial charge in [0.25, 0.3) is 5.89 Å². The van der Waals surface area contributed by atoms with Crippen LogP contribution in [0, 0.1) is 11.6 Å². The van der Waals surface area contributed by atoms with E-state index < -0.39 is 17.4 Å². The molecule has 22 heavy (non-hydrogen) atoms. The number of nitrogens with zero attached hydrogens (tertiary/aromatic N) is 2. The first-order valence-corrected chi connectivity index (χ1v) is 6.73. The van der Waals surface area contributed by atoms with E-state index in [0.29, 0.717) is 0 Å². The molecular weight excluding hydrogens is 337 g/mol. The monoisotopic (exact) mass is 342 g/mol.